The SMILES string of the molecule is CN1C(=O)CC(N=C(N)NC2CC2)C1=O. The van der Waals surface area contributed by atoms with Crippen LogP contribution in [0.25, 0.3) is 0 Å². The number of hydrogen-bond donors (Lipinski definition) is 2. The Morgan fingerprint density at radius 3 is 2.67 bits per heavy atom. The Labute approximate surface area is 87.5 Å². The molecule has 0 aromatic rings. The number of nitrogens with zero attached hydrogens (tertiary/aromatic N) is 2. The molecule has 0 radical (unpaired) electrons. The molecule has 1 unspecified atom stereocenters. The van der Waals surface area contributed by atoms with Crippen LogP contribution in [0.2, 0.25) is 0 Å². The van der Waals surface area contributed by atoms with Crippen LogP contribution in [0.3, 0.4) is 0 Å². The minimum atomic E-state index is -0.631. The van der Waals surface area contributed by atoms with E-state index in [1.807, 2.05) is 0 Å². The van der Waals surface area contributed by atoms with E-state index in [1.165, 1.54) is 7.05 Å². The molecule has 2 rings (SSSR count). The van der Waals surface area contributed by atoms with Crippen molar-refractivity contribution < 1.29 is 9.59 Å². The summed E-state index contributed by atoms with van der Waals surface area (Å²) in [5.41, 5.74) is 5.60. The molecule has 2 fully saturated rings. The van der Waals surface area contributed by atoms with Gasteiger partial charge in [-0.15, -0.1) is 0 Å². The van der Waals surface area contributed by atoms with E-state index in [1.54, 1.807) is 0 Å². The largest absolute Gasteiger partial charge is 0.370 e. The number of carbonyl (C=O) groups excluding carboxylic acids is 2. The van der Waals surface area contributed by atoms with Crippen LogP contribution in [-0.2, 0) is 9.59 Å². The smallest absolute Gasteiger partial charge is 0.254 e. The standard InChI is InChI=1S/C9H14N4O2/c1-13-7(14)4-6(8(13)15)12-9(10)11-5-2-3-5/h5-6H,2-4H2,1H3,(H3,10,11,12). The number of likely N-dealkylation sites (N-methyl/N-ethyl adjacent to an activating group) is 1. The monoisotopic (exact) mass is 210 g/mol. The summed E-state index contributed by atoms with van der Waals surface area (Å²) in [5, 5.41) is 2.98. The van der Waals surface area contributed by atoms with Crippen LogP contribution in [-0.4, -0.2) is 41.8 Å². The highest BCUT2D eigenvalue weighted by atomic mass is 16.2. The van der Waals surface area contributed by atoms with Gasteiger partial charge in [0.1, 0.15) is 6.04 Å². The number of aliphatic imine (C=N–C) groups is 1. The van der Waals surface area contributed by atoms with E-state index in [-0.39, 0.29) is 24.2 Å². The van der Waals surface area contributed by atoms with E-state index in [4.69, 9.17) is 5.73 Å². The second-order valence-electron chi connectivity index (χ2n) is 3.94. The van der Waals surface area contributed by atoms with Gasteiger partial charge in [0.15, 0.2) is 5.96 Å². The van der Waals surface area contributed by atoms with Gasteiger partial charge in [0, 0.05) is 13.1 Å². The molecule has 82 valence electrons. The van der Waals surface area contributed by atoms with Crippen LogP contribution in [0.1, 0.15) is 19.3 Å². The molecule has 1 saturated carbocycles. The van der Waals surface area contributed by atoms with Crippen molar-refractivity contribution in [2.75, 3.05) is 7.05 Å². The zero-order chi connectivity index (χ0) is 11.0. The van der Waals surface area contributed by atoms with Crippen molar-refractivity contribution in [1.82, 2.24) is 10.2 Å². The van der Waals surface area contributed by atoms with Crippen molar-refractivity contribution in [3.63, 3.8) is 0 Å². The molecule has 2 aliphatic rings. The second kappa shape index (κ2) is 3.52. The first-order valence-corrected chi connectivity index (χ1v) is 4.98. The second-order valence-corrected chi connectivity index (χ2v) is 3.94. The fraction of sp³-hybridized carbons (Fsp3) is 0.667. The summed E-state index contributed by atoms with van der Waals surface area (Å²) in [5.74, 6) is -0.215. The molecule has 15 heavy (non-hydrogen) atoms. The number of nitrogens with two attached hydrogens (primary N) is 1. The first kappa shape index (κ1) is 9.95. The van der Waals surface area contributed by atoms with Gasteiger partial charge in [-0.1, -0.05) is 0 Å². The number of guanidine groups is 1. The molecular weight excluding hydrogens is 196 g/mol. The lowest BCUT2D eigenvalue weighted by molar-refractivity contribution is -0.136. The zero-order valence-corrected chi connectivity index (χ0v) is 8.56. The number of rotatable bonds is 2. The molecule has 1 aliphatic carbocycles. The van der Waals surface area contributed by atoms with Crippen molar-refractivity contribution in [1.29, 1.82) is 0 Å². The van der Waals surface area contributed by atoms with Crippen LogP contribution in [0.15, 0.2) is 4.99 Å². The Morgan fingerprint density at radius 1 is 1.53 bits per heavy atom. The van der Waals surface area contributed by atoms with Crippen molar-refractivity contribution in [2.45, 2.75) is 31.3 Å². The van der Waals surface area contributed by atoms with Crippen LogP contribution >= 0.6 is 0 Å². The van der Waals surface area contributed by atoms with Crippen LogP contribution in [0.4, 0.5) is 0 Å². The molecule has 1 saturated heterocycles. The third kappa shape index (κ3) is 2.08. The van der Waals surface area contributed by atoms with Gasteiger partial charge >= 0.3 is 0 Å². The lowest BCUT2D eigenvalue weighted by Gasteiger charge is -2.07. The van der Waals surface area contributed by atoms with Crippen molar-refractivity contribution in [2.24, 2.45) is 10.7 Å². The fourth-order valence-electron chi connectivity index (χ4n) is 1.48. The van der Waals surface area contributed by atoms with E-state index in [2.05, 4.69) is 10.3 Å². The van der Waals surface area contributed by atoms with E-state index in [9.17, 15) is 9.59 Å². The number of likely N-dealkylation sites (tertiary alicyclic amines) is 1. The number of nitrogens with one attached hydrogen (secondary N) is 1. The van der Waals surface area contributed by atoms with Crippen molar-refractivity contribution in [3.8, 4) is 0 Å². The minimum Gasteiger partial charge on any atom is -0.370 e. The molecule has 1 atom stereocenters. The molecule has 6 nitrogen and oxygen atoms in total. The van der Waals surface area contributed by atoms with Gasteiger partial charge < -0.3 is 11.1 Å². The first-order chi connectivity index (χ1) is 7.08. The minimum absolute atomic E-state index is 0.127. The molecule has 0 spiro atoms. The van der Waals surface area contributed by atoms with Crippen LogP contribution < -0.4 is 11.1 Å². The molecule has 1 aliphatic heterocycles. The average molecular weight is 210 g/mol. The Balaban J connectivity index is 1.98. The van der Waals surface area contributed by atoms with Gasteiger partial charge in [-0.2, -0.15) is 0 Å². The summed E-state index contributed by atoms with van der Waals surface area (Å²) in [6.07, 6.45) is 2.31. The molecule has 6 heteroatoms. The summed E-state index contributed by atoms with van der Waals surface area (Å²) in [7, 11) is 1.46. The molecule has 2 amide bonds. The van der Waals surface area contributed by atoms with Crippen LogP contribution in [0.5, 0.6) is 0 Å². The molecule has 1 heterocycles. The maximum atomic E-state index is 11.5. The maximum absolute atomic E-state index is 11.5. The van der Waals surface area contributed by atoms with E-state index in [0.29, 0.717) is 6.04 Å². The molecule has 0 bridgehead atoms. The lowest BCUT2D eigenvalue weighted by atomic mass is 10.3. The van der Waals surface area contributed by atoms with Gasteiger partial charge in [0.05, 0.1) is 6.42 Å². The van der Waals surface area contributed by atoms with E-state index >= 15 is 0 Å². The Morgan fingerprint density at radius 2 is 2.20 bits per heavy atom. The quantitative estimate of drug-likeness (QED) is 0.341. The summed E-state index contributed by atoms with van der Waals surface area (Å²) in [6, 6.07) is -0.229. The normalized spacial score (nSPS) is 27.4. The van der Waals surface area contributed by atoms with Gasteiger partial charge in [-0.05, 0) is 12.8 Å². The third-order valence-electron chi connectivity index (χ3n) is 2.58. The topological polar surface area (TPSA) is 87.8 Å². The first-order valence-electron chi connectivity index (χ1n) is 4.98. The Kier molecular flexibility index (Phi) is 2.34. The van der Waals surface area contributed by atoms with Crippen molar-refractivity contribution >= 4 is 17.8 Å². The molecular formula is C9H14N4O2. The number of imide groups is 1. The zero-order valence-electron chi connectivity index (χ0n) is 8.56. The predicted octanol–water partition coefficient (Wildman–Crippen LogP) is -1.19. The summed E-state index contributed by atoms with van der Waals surface area (Å²) >= 11 is 0. The van der Waals surface area contributed by atoms with Gasteiger partial charge in [-0.3, -0.25) is 14.5 Å². The van der Waals surface area contributed by atoms with Gasteiger partial charge in [0.25, 0.3) is 5.91 Å². The third-order valence-corrected chi connectivity index (χ3v) is 2.58. The fourth-order valence-corrected chi connectivity index (χ4v) is 1.48. The summed E-state index contributed by atoms with van der Waals surface area (Å²) in [4.78, 5) is 27.8. The van der Waals surface area contributed by atoms with Crippen molar-refractivity contribution in [3.05, 3.63) is 0 Å². The molecule has 0 aromatic heterocycles. The molecule has 3 N–H and O–H groups in total. The van der Waals surface area contributed by atoms with E-state index in [0.717, 1.165) is 17.7 Å². The highest BCUT2D eigenvalue weighted by Gasteiger charge is 2.36. The highest BCUT2D eigenvalue weighted by molar-refractivity contribution is 6.06. The Bertz CT molecular complexity index is 335. The number of amides is 2. The number of carbonyl (C=O) groups is 2. The van der Waals surface area contributed by atoms with Gasteiger partial charge in [-0.25, -0.2) is 4.99 Å². The van der Waals surface area contributed by atoms with E-state index < -0.39 is 6.04 Å². The highest BCUT2D eigenvalue weighted by Crippen LogP contribution is 2.18. The average Bonchev–Trinajstić information content (AvgIpc) is 2.94. The summed E-state index contributed by atoms with van der Waals surface area (Å²) in [6.45, 7) is 0. The van der Waals surface area contributed by atoms with Gasteiger partial charge in [0.2, 0.25) is 5.91 Å². The predicted molar refractivity (Wildman–Crippen MR) is 54.0 cm³/mol. The Hall–Kier alpha value is -1.59. The van der Waals surface area contributed by atoms with Crippen LogP contribution in [0, 0.1) is 0 Å². The molecule has 0 aromatic carbocycles. The summed E-state index contributed by atoms with van der Waals surface area (Å²) < 4.78 is 0. The maximum Gasteiger partial charge on any atom is 0.254 e. The lowest BCUT2D eigenvalue weighted by Crippen LogP contribution is -2.36. The number of hydrogen-bond acceptors (Lipinski definition) is 3.